The van der Waals surface area contributed by atoms with E-state index in [1.54, 1.807) is 6.92 Å². The largest absolute Gasteiger partial charge is 0.416 e. The van der Waals surface area contributed by atoms with Crippen LogP contribution in [0.2, 0.25) is 0 Å². The Morgan fingerprint density at radius 2 is 1.90 bits per heavy atom. The monoisotopic (exact) mass is 318 g/mol. The van der Waals surface area contributed by atoms with E-state index >= 15 is 0 Å². The first-order valence-electron chi connectivity index (χ1n) is 5.49. The van der Waals surface area contributed by atoms with Gasteiger partial charge in [-0.1, -0.05) is 35.2 Å². The van der Waals surface area contributed by atoms with Crippen molar-refractivity contribution in [3.8, 4) is 0 Å². The summed E-state index contributed by atoms with van der Waals surface area (Å²) in [7, 11) is 0. The van der Waals surface area contributed by atoms with Crippen molar-refractivity contribution in [1.29, 1.82) is 0 Å². The number of hydrogen-bond donors (Lipinski definition) is 0. The van der Waals surface area contributed by atoms with Crippen molar-refractivity contribution in [1.82, 2.24) is 10.2 Å². The number of aryl methyl sites for hydroxylation is 1. The summed E-state index contributed by atoms with van der Waals surface area (Å²) in [6, 6.07) is 4.20. The van der Waals surface area contributed by atoms with Gasteiger partial charge < -0.3 is 0 Å². The van der Waals surface area contributed by atoms with Gasteiger partial charge >= 0.3 is 6.18 Å². The lowest BCUT2D eigenvalue weighted by molar-refractivity contribution is -0.137. The number of rotatable bonds is 4. The molecule has 8 heteroatoms. The van der Waals surface area contributed by atoms with Crippen LogP contribution < -0.4 is 0 Å². The second kappa shape index (κ2) is 5.92. The van der Waals surface area contributed by atoms with Crippen LogP contribution in [0.15, 0.2) is 28.6 Å². The molecule has 0 aliphatic carbocycles. The minimum Gasteiger partial charge on any atom is -0.293 e. The van der Waals surface area contributed by atoms with Gasteiger partial charge in [0.2, 0.25) is 0 Å². The molecule has 1 aromatic carbocycles. The first-order chi connectivity index (χ1) is 9.36. The van der Waals surface area contributed by atoms with Crippen LogP contribution in [0.4, 0.5) is 13.2 Å². The summed E-state index contributed by atoms with van der Waals surface area (Å²) >= 11 is 2.60. The van der Waals surface area contributed by atoms with Crippen molar-refractivity contribution < 1.29 is 18.0 Å². The molecule has 2 rings (SSSR count). The Balaban J connectivity index is 1.99. The smallest absolute Gasteiger partial charge is 0.293 e. The van der Waals surface area contributed by atoms with Gasteiger partial charge in [0.15, 0.2) is 10.1 Å². The van der Waals surface area contributed by atoms with Crippen LogP contribution in [0.25, 0.3) is 0 Å². The number of ketones is 1. The third-order valence-corrected chi connectivity index (χ3v) is 4.34. The Morgan fingerprint density at radius 3 is 2.40 bits per heavy atom. The van der Waals surface area contributed by atoms with E-state index in [2.05, 4.69) is 10.2 Å². The molecule has 0 unspecified atom stereocenters. The predicted molar refractivity (Wildman–Crippen MR) is 71.1 cm³/mol. The molecule has 3 nitrogen and oxygen atoms in total. The van der Waals surface area contributed by atoms with E-state index in [9.17, 15) is 18.0 Å². The summed E-state index contributed by atoms with van der Waals surface area (Å²) in [6.07, 6.45) is -4.39. The van der Waals surface area contributed by atoms with Gasteiger partial charge in [0.1, 0.15) is 5.01 Å². The number of carbonyl (C=O) groups is 1. The second-order valence-electron chi connectivity index (χ2n) is 3.87. The number of carbonyl (C=O) groups excluding carboxylic acids is 1. The zero-order chi connectivity index (χ0) is 14.8. The molecule has 20 heavy (non-hydrogen) atoms. The fourth-order valence-corrected chi connectivity index (χ4v) is 3.10. The fraction of sp³-hybridized carbons (Fsp3) is 0.250. The molecule has 0 atom stereocenters. The van der Waals surface area contributed by atoms with Crippen molar-refractivity contribution in [2.45, 2.75) is 17.4 Å². The van der Waals surface area contributed by atoms with Crippen molar-refractivity contribution in [3.63, 3.8) is 0 Å². The van der Waals surface area contributed by atoms with Crippen LogP contribution >= 0.6 is 23.1 Å². The Morgan fingerprint density at radius 1 is 1.25 bits per heavy atom. The highest BCUT2D eigenvalue weighted by atomic mass is 32.2. The summed E-state index contributed by atoms with van der Waals surface area (Å²) in [6.45, 7) is 1.80. The van der Waals surface area contributed by atoms with Crippen molar-refractivity contribution in [2.24, 2.45) is 0 Å². The van der Waals surface area contributed by atoms with Gasteiger partial charge in [-0.15, -0.1) is 10.2 Å². The van der Waals surface area contributed by atoms with Gasteiger partial charge in [0.05, 0.1) is 11.3 Å². The SMILES string of the molecule is Cc1nnc(SCC(=O)c2ccc(C(F)(F)F)cc2)s1. The van der Waals surface area contributed by atoms with Gasteiger partial charge in [0.25, 0.3) is 0 Å². The average molecular weight is 318 g/mol. The number of alkyl halides is 3. The quantitative estimate of drug-likeness (QED) is 0.634. The first kappa shape index (κ1) is 15.0. The van der Waals surface area contributed by atoms with Crippen LogP contribution in [-0.4, -0.2) is 21.7 Å². The molecule has 0 N–H and O–H groups in total. The zero-order valence-electron chi connectivity index (χ0n) is 10.3. The number of halogens is 3. The average Bonchev–Trinajstić information content (AvgIpc) is 2.81. The number of Topliss-reactive ketones (excluding diaryl/α,β-unsaturated/α-hetero) is 1. The third kappa shape index (κ3) is 3.80. The lowest BCUT2D eigenvalue weighted by atomic mass is 10.1. The number of benzene rings is 1. The highest BCUT2D eigenvalue weighted by Gasteiger charge is 2.30. The molecule has 106 valence electrons. The van der Waals surface area contributed by atoms with E-state index in [4.69, 9.17) is 0 Å². The highest BCUT2D eigenvalue weighted by molar-refractivity contribution is 8.01. The topological polar surface area (TPSA) is 42.9 Å². The van der Waals surface area contributed by atoms with Crippen LogP contribution in [-0.2, 0) is 6.18 Å². The standard InChI is InChI=1S/C12H9F3N2OS2/c1-7-16-17-11(20-7)19-6-10(18)8-2-4-9(5-3-8)12(13,14)15/h2-5H,6H2,1H3. The van der Waals surface area contributed by atoms with E-state index in [-0.39, 0.29) is 17.1 Å². The summed E-state index contributed by atoms with van der Waals surface area (Å²) in [5.74, 6) is -0.114. The summed E-state index contributed by atoms with van der Waals surface area (Å²) in [5.41, 5.74) is -0.506. The Kier molecular flexibility index (Phi) is 4.44. The van der Waals surface area contributed by atoms with Gasteiger partial charge in [0, 0.05) is 5.56 Å². The lowest BCUT2D eigenvalue weighted by Gasteiger charge is -2.06. The Hall–Kier alpha value is -1.41. The first-order valence-corrected chi connectivity index (χ1v) is 7.30. The van der Waals surface area contributed by atoms with E-state index in [0.717, 1.165) is 17.1 Å². The van der Waals surface area contributed by atoms with Gasteiger partial charge in [-0.3, -0.25) is 4.79 Å². The van der Waals surface area contributed by atoms with Crippen LogP contribution in [0.5, 0.6) is 0 Å². The molecular weight excluding hydrogens is 309 g/mol. The maximum absolute atomic E-state index is 12.4. The minimum absolute atomic E-state index is 0.125. The van der Waals surface area contributed by atoms with Crippen molar-refractivity contribution in [2.75, 3.05) is 5.75 Å². The predicted octanol–water partition coefficient (Wildman–Crippen LogP) is 3.84. The minimum atomic E-state index is -4.39. The van der Waals surface area contributed by atoms with E-state index in [0.29, 0.717) is 4.34 Å². The van der Waals surface area contributed by atoms with Crippen molar-refractivity contribution >= 4 is 28.9 Å². The van der Waals surface area contributed by atoms with E-state index in [1.807, 2.05) is 0 Å². The molecule has 0 bridgehead atoms. The van der Waals surface area contributed by atoms with E-state index in [1.165, 1.54) is 35.2 Å². The van der Waals surface area contributed by atoms with Crippen molar-refractivity contribution in [3.05, 3.63) is 40.4 Å². The molecule has 2 aromatic rings. The van der Waals surface area contributed by atoms with E-state index < -0.39 is 11.7 Å². The second-order valence-corrected chi connectivity index (χ2v) is 6.28. The molecule has 0 spiro atoms. The molecule has 0 aliphatic rings. The molecule has 0 amide bonds. The molecule has 0 saturated carbocycles. The third-order valence-electron chi connectivity index (χ3n) is 2.37. The maximum atomic E-state index is 12.4. The molecule has 0 aliphatic heterocycles. The molecule has 1 aromatic heterocycles. The number of nitrogens with zero attached hydrogens (tertiary/aromatic N) is 2. The molecular formula is C12H9F3N2OS2. The summed E-state index contributed by atoms with van der Waals surface area (Å²) in [5, 5.41) is 8.48. The normalized spacial score (nSPS) is 11.6. The summed E-state index contributed by atoms with van der Waals surface area (Å²) in [4.78, 5) is 11.8. The lowest BCUT2D eigenvalue weighted by Crippen LogP contribution is -2.07. The Labute approximate surface area is 121 Å². The summed E-state index contributed by atoms with van der Waals surface area (Å²) < 4.78 is 37.8. The highest BCUT2D eigenvalue weighted by Crippen LogP contribution is 2.29. The molecule has 0 saturated heterocycles. The van der Waals surface area contributed by atoms with Gasteiger partial charge in [-0.25, -0.2) is 0 Å². The Bertz CT molecular complexity index is 608. The number of aromatic nitrogens is 2. The molecule has 0 radical (unpaired) electrons. The number of hydrogen-bond acceptors (Lipinski definition) is 5. The van der Waals surface area contributed by atoms with Crippen LogP contribution in [0, 0.1) is 6.92 Å². The van der Waals surface area contributed by atoms with Crippen LogP contribution in [0.3, 0.4) is 0 Å². The fourth-order valence-electron chi connectivity index (χ4n) is 1.39. The molecule has 0 fully saturated rings. The van der Waals surface area contributed by atoms with Gasteiger partial charge in [-0.05, 0) is 19.1 Å². The zero-order valence-corrected chi connectivity index (χ0v) is 11.9. The van der Waals surface area contributed by atoms with Gasteiger partial charge in [-0.2, -0.15) is 13.2 Å². The van der Waals surface area contributed by atoms with Crippen LogP contribution in [0.1, 0.15) is 20.9 Å². The molecule has 1 heterocycles. The maximum Gasteiger partial charge on any atom is 0.416 e. The number of thioether (sulfide) groups is 1.